The third kappa shape index (κ3) is 7.03. The Labute approximate surface area is 194 Å². The van der Waals surface area contributed by atoms with Gasteiger partial charge in [0.05, 0.1) is 22.1 Å². The maximum absolute atomic E-state index is 12.8. The minimum atomic E-state index is -3.32. The predicted octanol–water partition coefficient (Wildman–Crippen LogP) is 4.02. The van der Waals surface area contributed by atoms with E-state index in [1.54, 1.807) is 25.2 Å². The van der Waals surface area contributed by atoms with E-state index in [2.05, 4.69) is 23.5 Å². The summed E-state index contributed by atoms with van der Waals surface area (Å²) in [4.78, 5) is 2.84. The molecule has 0 spiro atoms. The van der Waals surface area contributed by atoms with Gasteiger partial charge in [0.15, 0.2) is 15.6 Å². The monoisotopic (exact) mass is 482 g/mol. The average molecular weight is 483 g/mol. The van der Waals surface area contributed by atoms with Gasteiger partial charge < -0.3 is 14.7 Å². The van der Waals surface area contributed by atoms with Gasteiger partial charge >= 0.3 is 0 Å². The van der Waals surface area contributed by atoms with E-state index in [1.165, 1.54) is 12.1 Å². The lowest BCUT2D eigenvalue weighted by atomic mass is 10.1. The van der Waals surface area contributed by atoms with E-state index in [0.29, 0.717) is 22.0 Å². The quantitative estimate of drug-likeness (QED) is 0.448. The molecule has 1 unspecified atom stereocenters. The lowest BCUT2D eigenvalue weighted by Gasteiger charge is -2.28. The summed E-state index contributed by atoms with van der Waals surface area (Å²) in [5.41, 5.74) is 1.42. The summed E-state index contributed by atoms with van der Waals surface area (Å²) < 4.78 is 45.4. The SMILES string of the molecule is CCCCN(CCCC)c1cc(CO)cc(S(=O)NC)c1Oc1ccc(S(C)(=O)=O)cc1. The largest absolute Gasteiger partial charge is 0.454 e. The van der Waals surface area contributed by atoms with Crippen molar-refractivity contribution in [3.05, 3.63) is 42.0 Å². The van der Waals surface area contributed by atoms with Crippen molar-refractivity contribution in [1.29, 1.82) is 0 Å². The summed E-state index contributed by atoms with van der Waals surface area (Å²) in [6, 6.07) is 9.72. The zero-order valence-corrected chi connectivity index (χ0v) is 20.9. The maximum atomic E-state index is 12.8. The predicted molar refractivity (Wildman–Crippen MR) is 129 cm³/mol. The van der Waals surface area contributed by atoms with Gasteiger partial charge in [0, 0.05) is 19.3 Å². The standard InChI is InChI=1S/C23H34N2O5S2/c1-5-7-13-25(14-8-6-2)21-15-18(17-26)16-22(31(27)24-3)23(21)30-19-9-11-20(12-10-19)32(4,28)29/h9-12,15-16,24,26H,5-8,13-14,17H2,1-4H3. The van der Waals surface area contributed by atoms with Gasteiger partial charge in [0.1, 0.15) is 16.7 Å². The zero-order valence-electron chi connectivity index (χ0n) is 19.3. The van der Waals surface area contributed by atoms with Crippen LogP contribution in [0.5, 0.6) is 11.5 Å². The molecule has 0 fully saturated rings. The molecule has 7 nitrogen and oxygen atoms in total. The molecule has 178 valence electrons. The Hall–Kier alpha value is -1.94. The first kappa shape index (κ1) is 26.3. The number of unbranched alkanes of at least 4 members (excludes halogenated alkanes) is 2. The molecular weight excluding hydrogens is 448 g/mol. The van der Waals surface area contributed by atoms with Gasteiger partial charge in [-0.1, -0.05) is 26.7 Å². The van der Waals surface area contributed by atoms with Crippen molar-refractivity contribution in [1.82, 2.24) is 4.72 Å². The number of ether oxygens (including phenoxy) is 1. The van der Waals surface area contributed by atoms with Gasteiger partial charge in [0.25, 0.3) is 0 Å². The molecule has 0 saturated heterocycles. The number of rotatable bonds is 13. The summed E-state index contributed by atoms with van der Waals surface area (Å²) in [7, 11) is -3.28. The molecule has 0 aliphatic carbocycles. The Balaban J connectivity index is 2.61. The van der Waals surface area contributed by atoms with Crippen molar-refractivity contribution in [2.24, 2.45) is 0 Å². The van der Waals surface area contributed by atoms with Gasteiger partial charge in [-0.15, -0.1) is 0 Å². The van der Waals surface area contributed by atoms with E-state index in [-0.39, 0.29) is 11.5 Å². The highest BCUT2D eigenvalue weighted by molar-refractivity contribution is 7.90. The third-order valence-electron chi connectivity index (χ3n) is 5.04. The first-order valence-corrected chi connectivity index (χ1v) is 13.9. The molecule has 0 bridgehead atoms. The minimum absolute atomic E-state index is 0.181. The van der Waals surface area contributed by atoms with E-state index < -0.39 is 20.8 Å². The van der Waals surface area contributed by atoms with Crippen LogP contribution in [0.15, 0.2) is 46.2 Å². The summed E-state index contributed by atoms with van der Waals surface area (Å²) >= 11 is 0. The highest BCUT2D eigenvalue weighted by Crippen LogP contribution is 2.39. The van der Waals surface area contributed by atoms with Gasteiger partial charge in [-0.25, -0.2) is 17.3 Å². The number of nitrogens with one attached hydrogen (secondary N) is 1. The van der Waals surface area contributed by atoms with E-state index >= 15 is 0 Å². The highest BCUT2D eigenvalue weighted by atomic mass is 32.2. The number of sulfone groups is 1. The molecule has 2 aromatic carbocycles. The Kier molecular flexibility index (Phi) is 10.1. The second-order valence-electron chi connectivity index (χ2n) is 7.61. The number of anilines is 1. The van der Waals surface area contributed by atoms with Crippen LogP contribution >= 0.6 is 0 Å². The zero-order chi connectivity index (χ0) is 23.7. The number of hydrogen-bond donors (Lipinski definition) is 2. The van der Waals surface area contributed by atoms with Crippen molar-refractivity contribution in [2.75, 3.05) is 31.3 Å². The normalized spacial score (nSPS) is 12.5. The molecule has 9 heteroatoms. The molecule has 0 saturated carbocycles. The Morgan fingerprint density at radius 2 is 1.66 bits per heavy atom. The fourth-order valence-electron chi connectivity index (χ4n) is 3.24. The van der Waals surface area contributed by atoms with Crippen molar-refractivity contribution < 1.29 is 22.5 Å². The molecule has 2 aromatic rings. The van der Waals surface area contributed by atoms with Crippen LogP contribution in [0.3, 0.4) is 0 Å². The van der Waals surface area contributed by atoms with E-state index in [9.17, 15) is 17.7 Å². The molecule has 0 aliphatic rings. The number of aliphatic hydroxyl groups is 1. The van der Waals surface area contributed by atoms with Gasteiger partial charge in [-0.2, -0.15) is 0 Å². The number of hydrogen-bond acceptors (Lipinski definition) is 6. The van der Waals surface area contributed by atoms with Crippen molar-refractivity contribution in [3.63, 3.8) is 0 Å². The fourth-order valence-corrected chi connectivity index (χ4v) is 4.67. The van der Waals surface area contributed by atoms with Gasteiger partial charge in [0.2, 0.25) is 0 Å². The third-order valence-corrected chi connectivity index (χ3v) is 7.24. The minimum Gasteiger partial charge on any atom is -0.454 e. The summed E-state index contributed by atoms with van der Waals surface area (Å²) in [5, 5.41) is 9.83. The van der Waals surface area contributed by atoms with E-state index in [4.69, 9.17) is 4.74 Å². The number of aliphatic hydroxyl groups excluding tert-OH is 1. The Morgan fingerprint density at radius 1 is 1.06 bits per heavy atom. The highest BCUT2D eigenvalue weighted by Gasteiger charge is 2.22. The van der Waals surface area contributed by atoms with Crippen molar-refractivity contribution in [3.8, 4) is 11.5 Å². The van der Waals surface area contributed by atoms with Crippen LogP contribution in [0.4, 0.5) is 5.69 Å². The molecule has 0 radical (unpaired) electrons. The molecule has 32 heavy (non-hydrogen) atoms. The Morgan fingerprint density at radius 3 is 2.12 bits per heavy atom. The molecule has 0 aliphatic heterocycles. The molecule has 2 N–H and O–H groups in total. The van der Waals surface area contributed by atoms with Crippen LogP contribution in [0.1, 0.15) is 45.1 Å². The van der Waals surface area contributed by atoms with E-state index in [0.717, 1.165) is 50.7 Å². The van der Waals surface area contributed by atoms with Gasteiger partial charge in [-0.3, -0.25) is 0 Å². The van der Waals surface area contributed by atoms with Crippen LogP contribution in [0, 0.1) is 0 Å². The molecular formula is C23H34N2O5S2. The topological polar surface area (TPSA) is 95.9 Å². The van der Waals surface area contributed by atoms with Crippen LogP contribution < -0.4 is 14.4 Å². The molecule has 0 aromatic heterocycles. The summed E-state index contributed by atoms with van der Waals surface area (Å²) in [6.07, 6.45) is 5.18. The molecule has 1 atom stereocenters. The van der Waals surface area contributed by atoms with Crippen molar-refractivity contribution in [2.45, 2.75) is 55.9 Å². The summed E-state index contributed by atoms with van der Waals surface area (Å²) in [5.74, 6) is 0.880. The average Bonchev–Trinajstić information content (AvgIpc) is 2.78. The van der Waals surface area contributed by atoms with Crippen LogP contribution in [-0.2, 0) is 27.4 Å². The fraction of sp³-hybridized carbons (Fsp3) is 0.478. The van der Waals surface area contributed by atoms with E-state index in [1.807, 2.05) is 6.07 Å². The first-order valence-electron chi connectivity index (χ1n) is 10.8. The summed E-state index contributed by atoms with van der Waals surface area (Å²) in [6.45, 7) is 5.69. The second kappa shape index (κ2) is 12.3. The van der Waals surface area contributed by atoms with Crippen LogP contribution in [-0.4, -0.2) is 44.1 Å². The Bertz CT molecular complexity index is 1000. The first-order chi connectivity index (χ1) is 15.2. The molecule has 0 heterocycles. The number of nitrogens with zero attached hydrogens (tertiary/aromatic N) is 1. The van der Waals surface area contributed by atoms with Crippen molar-refractivity contribution >= 4 is 26.5 Å². The molecule has 2 rings (SSSR count). The lowest BCUT2D eigenvalue weighted by Crippen LogP contribution is -2.27. The molecule has 0 amide bonds. The lowest BCUT2D eigenvalue weighted by molar-refractivity contribution is 0.281. The van der Waals surface area contributed by atoms with Crippen LogP contribution in [0.25, 0.3) is 0 Å². The second-order valence-corrected chi connectivity index (χ2v) is 11.0. The van der Waals surface area contributed by atoms with Gasteiger partial charge in [-0.05, 0) is 61.9 Å². The smallest absolute Gasteiger partial charge is 0.175 e. The number of benzene rings is 2. The maximum Gasteiger partial charge on any atom is 0.175 e. The van der Waals surface area contributed by atoms with Crippen LogP contribution in [0.2, 0.25) is 0 Å².